The largest absolute Gasteiger partial charge is 0.458 e. The Hall–Kier alpha value is -3.60. The van der Waals surface area contributed by atoms with Gasteiger partial charge in [0.1, 0.15) is 12.3 Å². The standard InChI is InChI=1S/C35H40N4O6/c1-32-10-7-25-26(35(32,44)13-9-24(32)20-14-30(41)45-18-20)8-12-34(43)16-21(40)6-11-33(25,34)19-37-39-31(42)28-15-23-22-4-2-3-5-27(22)38-29(23)17-36-28/h2-5,14-15,17,19,21,24-26,38,40,43-44H,6-13,16,18H2,1H3,(H,39,42)/b37-19-/t21-,24+,25+,26-,32-,33+,34+,35-/m1/s1. The number of hydrogen-bond donors (Lipinski definition) is 5. The summed E-state index contributed by atoms with van der Waals surface area (Å²) in [6.07, 6.45) is 9.58. The molecule has 1 aromatic carbocycles. The summed E-state index contributed by atoms with van der Waals surface area (Å²) in [7, 11) is 0. The molecular formula is C35H40N4O6. The van der Waals surface area contributed by atoms with Gasteiger partial charge >= 0.3 is 5.97 Å². The van der Waals surface area contributed by atoms with Crippen LogP contribution in [0.5, 0.6) is 0 Å². The van der Waals surface area contributed by atoms with Crippen molar-refractivity contribution in [3.63, 3.8) is 0 Å². The van der Waals surface area contributed by atoms with Crippen LogP contribution in [0.4, 0.5) is 0 Å². The number of esters is 1. The highest BCUT2D eigenvalue weighted by atomic mass is 16.5. The van der Waals surface area contributed by atoms with Crippen LogP contribution in [0.2, 0.25) is 0 Å². The molecule has 1 amide bonds. The van der Waals surface area contributed by atoms with Gasteiger partial charge < -0.3 is 25.0 Å². The maximum Gasteiger partial charge on any atom is 0.331 e. The Kier molecular flexibility index (Phi) is 6.38. The maximum absolute atomic E-state index is 13.3. The molecule has 10 heteroatoms. The first-order valence-electron chi connectivity index (χ1n) is 16.3. The van der Waals surface area contributed by atoms with Crippen LogP contribution in [0.1, 0.15) is 75.2 Å². The van der Waals surface area contributed by atoms with Crippen molar-refractivity contribution in [3.05, 3.63) is 53.9 Å². The molecule has 4 aliphatic carbocycles. The number of ether oxygens (including phenoxy) is 1. The summed E-state index contributed by atoms with van der Waals surface area (Å²) in [5.41, 5.74) is 2.27. The number of benzene rings is 1. The molecule has 10 nitrogen and oxygen atoms in total. The Morgan fingerprint density at radius 3 is 2.71 bits per heavy atom. The van der Waals surface area contributed by atoms with Gasteiger partial charge in [-0.2, -0.15) is 5.10 Å². The van der Waals surface area contributed by atoms with Gasteiger partial charge in [0.15, 0.2) is 0 Å². The molecule has 5 N–H and O–H groups in total. The second-order valence-electron chi connectivity index (χ2n) is 14.5. The van der Waals surface area contributed by atoms with E-state index in [0.29, 0.717) is 38.7 Å². The molecule has 8 atom stereocenters. The number of aromatic nitrogens is 2. The topological polar surface area (TPSA) is 157 Å². The molecule has 5 aliphatic rings. The molecule has 4 fully saturated rings. The smallest absolute Gasteiger partial charge is 0.331 e. The number of para-hydroxylation sites is 1. The third-order valence-electron chi connectivity index (χ3n) is 12.7. The SMILES string of the molecule is C[C@]12CC[C@H]3[C@@H](CC[C@]4(O)C[C@H](O)CC[C@]34/C=N\NC(=O)c3cc4c(cn3)[nH]c3ccccc34)[C@]1(O)CC[C@H]2C1=CC(=O)OC1. The minimum absolute atomic E-state index is 0.0646. The van der Waals surface area contributed by atoms with Crippen molar-refractivity contribution in [1.82, 2.24) is 15.4 Å². The summed E-state index contributed by atoms with van der Waals surface area (Å²) in [5, 5.41) is 41.9. The Balaban J connectivity index is 1.10. The molecule has 0 saturated heterocycles. The van der Waals surface area contributed by atoms with E-state index in [0.717, 1.165) is 46.6 Å². The fourth-order valence-electron chi connectivity index (χ4n) is 10.5. The van der Waals surface area contributed by atoms with E-state index in [1.54, 1.807) is 24.6 Å². The number of fused-ring (bicyclic) bond motifs is 8. The highest BCUT2D eigenvalue weighted by Gasteiger charge is 2.71. The van der Waals surface area contributed by atoms with Gasteiger partial charge in [0.25, 0.3) is 5.91 Å². The molecule has 2 aromatic heterocycles. The minimum atomic E-state index is -1.21. The van der Waals surface area contributed by atoms with E-state index < -0.39 is 34.0 Å². The van der Waals surface area contributed by atoms with Crippen LogP contribution in [-0.2, 0) is 9.53 Å². The number of aliphatic hydroxyl groups is 3. The van der Waals surface area contributed by atoms with Crippen molar-refractivity contribution in [2.75, 3.05) is 6.61 Å². The molecule has 0 spiro atoms. The summed E-state index contributed by atoms with van der Waals surface area (Å²) in [4.78, 5) is 32.9. The van der Waals surface area contributed by atoms with Crippen molar-refractivity contribution in [1.29, 1.82) is 0 Å². The summed E-state index contributed by atoms with van der Waals surface area (Å²) in [5.74, 6) is -0.873. The second kappa shape index (κ2) is 9.95. The van der Waals surface area contributed by atoms with Gasteiger partial charge in [0.2, 0.25) is 0 Å². The molecule has 0 unspecified atom stereocenters. The molecule has 1 aliphatic heterocycles. The quantitative estimate of drug-likeness (QED) is 0.168. The number of carbonyl (C=O) groups is 2. The van der Waals surface area contributed by atoms with Crippen molar-refractivity contribution in [2.45, 2.75) is 82.0 Å². The van der Waals surface area contributed by atoms with Crippen molar-refractivity contribution < 1.29 is 29.6 Å². The van der Waals surface area contributed by atoms with Crippen molar-refractivity contribution in [3.8, 4) is 0 Å². The number of pyridine rings is 1. The third kappa shape index (κ3) is 4.04. The fraction of sp³-hybridized carbons (Fsp3) is 0.543. The van der Waals surface area contributed by atoms with E-state index in [-0.39, 0.29) is 35.8 Å². The number of nitrogens with one attached hydrogen (secondary N) is 2. The lowest BCUT2D eigenvalue weighted by Crippen LogP contribution is -2.68. The van der Waals surface area contributed by atoms with Gasteiger partial charge in [0, 0.05) is 45.8 Å². The van der Waals surface area contributed by atoms with Crippen LogP contribution in [0, 0.1) is 28.6 Å². The Morgan fingerprint density at radius 1 is 1.07 bits per heavy atom. The van der Waals surface area contributed by atoms with Crippen LogP contribution in [0.15, 0.2) is 53.3 Å². The molecule has 8 rings (SSSR count). The zero-order valence-electron chi connectivity index (χ0n) is 25.5. The first-order chi connectivity index (χ1) is 21.6. The van der Waals surface area contributed by atoms with Gasteiger partial charge in [-0.1, -0.05) is 25.1 Å². The van der Waals surface area contributed by atoms with Crippen molar-refractivity contribution >= 4 is 39.9 Å². The molecule has 45 heavy (non-hydrogen) atoms. The van der Waals surface area contributed by atoms with Crippen LogP contribution in [-0.4, -0.2) is 67.3 Å². The van der Waals surface area contributed by atoms with E-state index in [1.165, 1.54) is 0 Å². The second-order valence-corrected chi connectivity index (χ2v) is 14.5. The lowest BCUT2D eigenvalue weighted by Gasteiger charge is -2.65. The van der Waals surface area contributed by atoms with E-state index in [9.17, 15) is 24.9 Å². The van der Waals surface area contributed by atoms with E-state index in [2.05, 4.69) is 27.4 Å². The van der Waals surface area contributed by atoms with Gasteiger partial charge in [-0.05, 0) is 86.8 Å². The number of H-pyrrole nitrogens is 1. The number of hydrogen-bond acceptors (Lipinski definition) is 8. The van der Waals surface area contributed by atoms with E-state index in [4.69, 9.17) is 4.74 Å². The van der Waals surface area contributed by atoms with Crippen LogP contribution >= 0.6 is 0 Å². The number of amides is 1. The number of aromatic amines is 1. The average molecular weight is 613 g/mol. The number of rotatable bonds is 4. The van der Waals surface area contributed by atoms with Crippen molar-refractivity contribution in [2.24, 2.45) is 33.7 Å². The Morgan fingerprint density at radius 2 is 1.89 bits per heavy atom. The first-order valence-corrected chi connectivity index (χ1v) is 16.3. The highest BCUT2D eigenvalue weighted by Crippen LogP contribution is 2.70. The third-order valence-corrected chi connectivity index (χ3v) is 12.7. The zero-order chi connectivity index (χ0) is 31.2. The number of carbonyl (C=O) groups excluding carboxylic acids is 2. The summed E-state index contributed by atoms with van der Waals surface area (Å²) < 4.78 is 5.26. The predicted octanol–water partition coefficient (Wildman–Crippen LogP) is 4.14. The lowest BCUT2D eigenvalue weighted by atomic mass is 9.41. The maximum atomic E-state index is 13.3. The fourth-order valence-corrected chi connectivity index (χ4v) is 10.5. The summed E-state index contributed by atoms with van der Waals surface area (Å²) >= 11 is 0. The minimum Gasteiger partial charge on any atom is -0.458 e. The normalized spacial score (nSPS) is 39.4. The van der Waals surface area contributed by atoms with Crippen LogP contribution in [0.25, 0.3) is 21.8 Å². The molecule has 236 valence electrons. The molecule has 0 radical (unpaired) electrons. The lowest BCUT2D eigenvalue weighted by molar-refractivity contribution is -0.237. The van der Waals surface area contributed by atoms with Crippen LogP contribution < -0.4 is 5.43 Å². The van der Waals surface area contributed by atoms with Gasteiger partial charge in [-0.25, -0.2) is 15.2 Å². The highest BCUT2D eigenvalue weighted by molar-refractivity contribution is 6.09. The monoisotopic (exact) mass is 612 g/mol. The van der Waals surface area contributed by atoms with E-state index >= 15 is 0 Å². The number of cyclic esters (lactones) is 1. The summed E-state index contributed by atoms with van der Waals surface area (Å²) in [6.45, 7) is 2.45. The summed E-state index contributed by atoms with van der Waals surface area (Å²) in [6, 6.07) is 9.65. The zero-order valence-corrected chi connectivity index (χ0v) is 25.5. The first kappa shape index (κ1) is 28.8. The van der Waals surface area contributed by atoms with Gasteiger partial charge in [0.05, 0.1) is 29.0 Å². The molecule has 0 bridgehead atoms. The van der Waals surface area contributed by atoms with E-state index in [1.807, 2.05) is 24.3 Å². The number of aliphatic hydroxyl groups excluding tert-OH is 1. The number of nitrogens with zero attached hydrogens (tertiary/aromatic N) is 2. The Bertz CT molecular complexity index is 1780. The predicted molar refractivity (Wildman–Crippen MR) is 167 cm³/mol. The van der Waals surface area contributed by atoms with Gasteiger partial charge in [-0.15, -0.1) is 0 Å². The van der Waals surface area contributed by atoms with Gasteiger partial charge in [-0.3, -0.25) is 4.79 Å². The van der Waals surface area contributed by atoms with Crippen LogP contribution in [0.3, 0.4) is 0 Å². The average Bonchev–Trinajstić information content (AvgIpc) is 3.69. The molecule has 3 aromatic rings. The molecule has 3 heterocycles. The Labute approximate surface area is 260 Å². The number of hydrazone groups is 1. The molecule has 4 saturated carbocycles. The molecular weight excluding hydrogens is 572 g/mol.